The van der Waals surface area contributed by atoms with Crippen molar-refractivity contribution in [1.29, 1.82) is 0 Å². The van der Waals surface area contributed by atoms with Gasteiger partial charge in [-0.3, -0.25) is 4.84 Å². The van der Waals surface area contributed by atoms with E-state index in [1.54, 1.807) is 6.07 Å². The lowest BCUT2D eigenvalue weighted by atomic mass is 10.3. The minimum absolute atomic E-state index is 0.0521. The van der Waals surface area contributed by atoms with E-state index < -0.39 is 10.0 Å². The molecule has 0 aromatic heterocycles. The normalized spacial score (nSPS) is 11.3. The van der Waals surface area contributed by atoms with Gasteiger partial charge in [-0.25, -0.2) is 8.42 Å². The second kappa shape index (κ2) is 6.58. The second-order valence-electron chi connectivity index (χ2n) is 3.27. The molecule has 0 aliphatic carbocycles. The van der Waals surface area contributed by atoms with E-state index in [9.17, 15) is 8.42 Å². The van der Waals surface area contributed by atoms with Crippen LogP contribution in [0.3, 0.4) is 0 Å². The lowest BCUT2D eigenvalue weighted by Crippen LogP contribution is -2.22. The Balaban J connectivity index is 3.14. The van der Waals surface area contributed by atoms with Crippen LogP contribution in [-0.2, 0) is 14.9 Å². The molecule has 0 saturated heterocycles. The summed E-state index contributed by atoms with van der Waals surface area (Å²) < 4.78 is 34.1. The van der Waals surface area contributed by atoms with Crippen molar-refractivity contribution in [3.05, 3.63) is 18.2 Å². The monoisotopic (exact) mass is 275 g/mol. The van der Waals surface area contributed by atoms with Gasteiger partial charge in [-0.2, -0.15) is 0 Å². The number of hydrogen-bond acceptors (Lipinski definition) is 5. The third-order valence-corrected chi connectivity index (χ3v) is 3.28. The number of ether oxygens (including phenoxy) is 2. The van der Waals surface area contributed by atoms with Crippen molar-refractivity contribution in [2.24, 2.45) is 0 Å². The van der Waals surface area contributed by atoms with Crippen molar-refractivity contribution in [3.8, 4) is 11.5 Å². The molecule has 0 saturated carbocycles. The van der Waals surface area contributed by atoms with Crippen LogP contribution in [0.1, 0.15) is 13.8 Å². The third-order valence-electron chi connectivity index (χ3n) is 2.02. The molecule has 0 radical (unpaired) electrons. The number of nitrogens with one attached hydrogen (secondary N) is 1. The van der Waals surface area contributed by atoms with Crippen LogP contribution in [-0.4, -0.2) is 28.7 Å². The maximum absolute atomic E-state index is 11.7. The van der Waals surface area contributed by atoms with Gasteiger partial charge in [0, 0.05) is 6.07 Å². The predicted molar refractivity (Wildman–Crippen MR) is 66.1 cm³/mol. The summed E-state index contributed by atoms with van der Waals surface area (Å²) in [5, 5.41) is 0. The van der Waals surface area contributed by atoms with Gasteiger partial charge in [0.05, 0.1) is 25.2 Å². The molecular weight excluding hydrogens is 258 g/mol. The van der Waals surface area contributed by atoms with Crippen LogP contribution >= 0.6 is 0 Å². The first kappa shape index (κ1) is 14.7. The molecule has 0 fully saturated rings. The van der Waals surface area contributed by atoms with Crippen LogP contribution in [0.2, 0.25) is 0 Å². The van der Waals surface area contributed by atoms with E-state index >= 15 is 0 Å². The SMILES string of the molecule is CCOc1ccc(S(=O)(=O)NOC)cc1OCC. The number of rotatable bonds is 7. The zero-order valence-corrected chi connectivity index (χ0v) is 11.4. The summed E-state index contributed by atoms with van der Waals surface area (Å²) in [5.41, 5.74) is 0. The van der Waals surface area contributed by atoms with Crippen LogP contribution in [0.25, 0.3) is 0 Å². The molecule has 18 heavy (non-hydrogen) atoms. The summed E-state index contributed by atoms with van der Waals surface area (Å²) >= 11 is 0. The lowest BCUT2D eigenvalue weighted by molar-refractivity contribution is 0.153. The first-order valence-corrected chi connectivity index (χ1v) is 6.97. The van der Waals surface area contributed by atoms with Gasteiger partial charge in [0.2, 0.25) is 0 Å². The summed E-state index contributed by atoms with van der Waals surface area (Å²) in [4.78, 5) is 6.42. The van der Waals surface area contributed by atoms with Crippen LogP contribution in [0.5, 0.6) is 11.5 Å². The lowest BCUT2D eigenvalue weighted by Gasteiger charge is -2.12. The summed E-state index contributed by atoms with van der Waals surface area (Å²) in [6.45, 7) is 4.54. The molecule has 1 aromatic rings. The van der Waals surface area contributed by atoms with Crippen molar-refractivity contribution in [2.45, 2.75) is 18.7 Å². The highest BCUT2D eigenvalue weighted by Gasteiger charge is 2.16. The molecule has 102 valence electrons. The van der Waals surface area contributed by atoms with E-state index in [4.69, 9.17) is 9.47 Å². The maximum atomic E-state index is 11.7. The summed E-state index contributed by atoms with van der Waals surface area (Å²) in [6.07, 6.45) is 0. The van der Waals surface area contributed by atoms with Crippen molar-refractivity contribution in [1.82, 2.24) is 4.89 Å². The fraction of sp³-hybridized carbons (Fsp3) is 0.455. The van der Waals surface area contributed by atoms with Crippen LogP contribution in [0.15, 0.2) is 23.1 Å². The van der Waals surface area contributed by atoms with Gasteiger partial charge < -0.3 is 9.47 Å². The smallest absolute Gasteiger partial charge is 0.262 e. The second-order valence-corrected chi connectivity index (χ2v) is 4.91. The summed E-state index contributed by atoms with van der Waals surface area (Å²) in [5.74, 6) is 0.897. The Bertz CT molecular complexity index is 486. The number of hydrogen-bond donors (Lipinski definition) is 1. The Hall–Kier alpha value is -1.31. The first-order chi connectivity index (χ1) is 8.55. The topological polar surface area (TPSA) is 73.9 Å². The quantitative estimate of drug-likeness (QED) is 0.760. The molecule has 1 N–H and O–H groups in total. The third kappa shape index (κ3) is 3.59. The summed E-state index contributed by atoms with van der Waals surface area (Å²) in [6, 6.07) is 4.38. The van der Waals surface area contributed by atoms with Crippen LogP contribution in [0.4, 0.5) is 0 Å². The van der Waals surface area contributed by atoms with Crippen molar-refractivity contribution >= 4 is 10.0 Å². The fourth-order valence-corrected chi connectivity index (χ4v) is 2.18. The van der Waals surface area contributed by atoms with E-state index in [1.165, 1.54) is 19.2 Å². The Morgan fingerprint density at radius 3 is 2.28 bits per heavy atom. The van der Waals surface area contributed by atoms with E-state index in [0.29, 0.717) is 24.7 Å². The number of sulfonamides is 1. The zero-order chi connectivity index (χ0) is 13.6. The molecule has 0 bridgehead atoms. The van der Waals surface area contributed by atoms with Crippen LogP contribution < -0.4 is 14.4 Å². The molecule has 0 atom stereocenters. The predicted octanol–water partition coefficient (Wildman–Crippen LogP) is 1.32. The minimum atomic E-state index is -3.69. The minimum Gasteiger partial charge on any atom is -0.490 e. The molecule has 1 rings (SSSR count). The van der Waals surface area contributed by atoms with Crippen molar-refractivity contribution < 1.29 is 22.7 Å². The van der Waals surface area contributed by atoms with E-state index in [-0.39, 0.29) is 4.90 Å². The Labute approximate surface area is 107 Å². The molecule has 0 spiro atoms. The Morgan fingerprint density at radius 2 is 1.72 bits per heavy atom. The summed E-state index contributed by atoms with van der Waals surface area (Å²) in [7, 11) is -2.46. The molecule has 1 aromatic carbocycles. The highest BCUT2D eigenvalue weighted by molar-refractivity contribution is 7.89. The van der Waals surface area contributed by atoms with E-state index in [0.717, 1.165) is 0 Å². The van der Waals surface area contributed by atoms with E-state index in [1.807, 2.05) is 18.7 Å². The van der Waals surface area contributed by atoms with Gasteiger partial charge in [0.1, 0.15) is 0 Å². The molecule has 0 aliphatic rings. The highest BCUT2D eigenvalue weighted by Crippen LogP contribution is 2.30. The Morgan fingerprint density at radius 1 is 1.11 bits per heavy atom. The van der Waals surface area contributed by atoms with Gasteiger partial charge >= 0.3 is 0 Å². The largest absolute Gasteiger partial charge is 0.490 e. The van der Waals surface area contributed by atoms with Gasteiger partial charge in [-0.1, -0.05) is 4.89 Å². The Kier molecular flexibility index (Phi) is 5.39. The van der Waals surface area contributed by atoms with Gasteiger partial charge in [-0.15, -0.1) is 0 Å². The highest BCUT2D eigenvalue weighted by atomic mass is 32.2. The molecule has 7 heteroatoms. The standard InChI is InChI=1S/C11H17NO5S/c1-4-16-10-7-6-9(8-11(10)17-5-2)18(13,14)12-15-3/h6-8,12H,4-5H2,1-3H3. The average Bonchev–Trinajstić information content (AvgIpc) is 2.31. The van der Waals surface area contributed by atoms with Crippen molar-refractivity contribution in [3.63, 3.8) is 0 Å². The average molecular weight is 275 g/mol. The molecular formula is C11H17NO5S. The molecule has 0 amide bonds. The van der Waals surface area contributed by atoms with Gasteiger partial charge in [0.25, 0.3) is 10.0 Å². The zero-order valence-electron chi connectivity index (χ0n) is 10.6. The van der Waals surface area contributed by atoms with Crippen LogP contribution in [0, 0.1) is 0 Å². The van der Waals surface area contributed by atoms with E-state index in [2.05, 4.69) is 4.84 Å². The maximum Gasteiger partial charge on any atom is 0.262 e. The van der Waals surface area contributed by atoms with Gasteiger partial charge in [0.15, 0.2) is 11.5 Å². The molecule has 0 unspecified atom stereocenters. The molecule has 0 aliphatic heterocycles. The number of benzene rings is 1. The fourth-order valence-electron chi connectivity index (χ4n) is 1.36. The van der Waals surface area contributed by atoms with Gasteiger partial charge in [-0.05, 0) is 26.0 Å². The van der Waals surface area contributed by atoms with Crippen molar-refractivity contribution in [2.75, 3.05) is 20.3 Å². The first-order valence-electron chi connectivity index (χ1n) is 5.49. The molecule has 6 nitrogen and oxygen atoms in total. The molecule has 0 heterocycles.